The number of carbonyl (C=O) groups is 1. The minimum absolute atomic E-state index is 0.447. The van der Waals surface area contributed by atoms with Gasteiger partial charge in [0.1, 0.15) is 0 Å². The highest BCUT2D eigenvalue weighted by atomic mass is 16.4. The van der Waals surface area contributed by atoms with Crippen molar-refractivity contribution in [1.82, 2.24) is 15.0 Å². The molecule has 0 unspecified atom stereocenters. The van der Waals surface area contributed by atoms with E-state index in [-0.39, 0.29) is 0 Å². The third kappa shape index (κ3) is 1.07. The van der Waals surface area contributed by atoms with Crippen molar-refractivity contribution in [1.29, 1.82) is 0 Å². The summed E-state index contributed by atoms with van der Waals surface area (Å²) < 4.78 is 1.57. The summed E-state index contributed by atoms with van der Waals surface area (Å²) >= 11 is 0. The van der Waals surface area contributed by atoms with E-state index in [1.165, 1.54) is 0 Å². The molecule has 0 aromatic carbocycles. The Bertz CT molecular complexity index is 290. The van der Waals surface area contributed by atoms with E-state index in [1.54, 1.807) is 17.1 Å². The van der Waals surface area contributed by atoms with Crippen molar-refractivity contribution < 1.29 is 9.90 Å². The standard InChI is InChI=1S/C7H9N3O2/c11-6(12)7(1-2-7)5-10-4-3-8-9-10/h3-4H,1-2,5H2,(H,11,12). The van der Waals surface area contributed by atoms with Crippen LogP contribution in [0.4, 0.5) is 0 Å². The van der Waals surface area contributed by atoms with Crippen LogP contribution in [0.1, 0.15) is 12.8 Å². The Balaban J connectivity index is 2.09. The van der Waals surface area contributed by atoms with Crippen molar-refractivity contribution in [3.63, 3.8) is 0 Å². The Kier molecular flexibility index (Phi) is 1.39. The quantitative estimate of drug-likeness (QED) is 0.695. The van der Waals surface area contributed by atoms with Gasteiger partial charge < -0.3 is 5.11 Å². The van der Waals surface area contributed by atoms with E-state index in [4.69, 9.17) is 5.11 Å². The predicted molar refractivity (Wildman–Crippen MR) is 39.3 cm³/mol. The monoisotopic (exact) mass is 167 g/mol. The Morgan fingerprint density at radius 2 is 2.42 bits per heavy atom. The molecule has 0 saturated heterocycles. The van der Waals surface area contributed by atoms with Crippen LogP contribution in [0.25, 0.3) is 0 Å². The van der Waals surface area contributed by atoms with Crippen LogP contribution in [0.3, 0.4) is 0 Å². The predicted octanol–water partition coefficient (Wildman–Crippen LogP) is 0.143. The largest absolute Gasteiger partial charge is 0.481 e. The van der Waals surface area contributed by atoms with Crippen LogP contribution in [-0.4, -0.2) is 26.1 Å². The molecule has 1 heterocycles. The SMILES string of the molecule is O=C(O)C1(Cn2ccnn2)CC1. The third-order valence-corrected chi connectivity index (χ3v) is 2.24. The maximum Gasteiger partial charge on any atom is 0.311 e. The zero-order valence-electron chi connectivity index (χ0n) is 6.47. The van der Waals surface area contributed by atoms with Crippen molar-refractivity contribution in [2.45, 2.75) is 19.4 Å². The van der Waals surface area contributed by atoms with Crippen LogP contribution in [0.5, 0.6) is 0 Å². The average molecular weight is 167 g/mol. The molecule has 1 aromatic heterocycles. The molecule has 1 aliphatic rings. The molecule has 0 amide bonds. The lowest BCUT2D eigenvalue weighted by Crippen LogP contribution is -2.21. The highest BCUT2D eigenvalue weighted by molar-refractivity contribution is 5.77. The lowest BCUT2D eigenvalue weighted by atomic mass is 10.1. The number of hydrogen-bond acceptors (Lipinski definition) is 3. The first-order valence-corrected chi connectivity index (χ1v) is 3.80. The molecular formula is C7H9N3O2. The number of carboxylic acids is 1. The zero-order valence-corrected chi connectivity index (χ0v) is 6.47. The summed E-state index contributed by atoms with van der Waals surface area (Å²) in [6.07, 6.45) is 4.74. The minimum Gasteiger partial charge on any atom is -0.481 e. The van der Waals surface area contributed by atoms with Gasteiger partial charge in [0, 0.05) is 6.20 Å². The molecule has 1 saturated carbocycles. The first-order chi connectivity index (χ1) is 5.73. The van der Waals surface area contributed by atoms with Crippen molar-refractivity contribution in [2.75, 3.05) is 0 Å². The first kappa shape index (κ1) is 7.27. The van der Waals surface area contributed by atoms with Crippen molar-refractivity contribution in [3.8, 4) is 0 Å². The lowest BCUT2D eigenvalue weighted by Gasteiger charge is -2.07. The number of aromatic nitrogens is 3. The zero-order chi connectivity index (χ0) is 8.60. The Hall–Kier alpha value is -1.39. The van der Waals surface area contributed by atoms with E-state index in [2.05, 4.69) is 10.3 Å². The summed E-state index contributed by atoms with van der Waals surface area (Å²) in [7, 11) is 0. The van der Waals surface area contributed by atoms with Gasteiger partial charge in [0.2, 0.25) is 0 Å². The van der Waals surface area contributed by atoms with Gasteiger partial charge in [0.15, 0.2) is 0 Å². The lowest BCUT2D eigenvalue weighted by molar-refractivity contribution is -0.144. The fourth-order valence-electron chi connectivity index (χ4n) is 1.22. The highest BCUT2D eigenvalue weighted by Gasteiger charge is 2.50. The molecule has 64 valence electrons. The molecule has 0 radical (unpaired) electrons. The van der Waals surface area contributed by atoms with Crippen LogP contribution in [0.15, 0.2) is 12.4 Å². The maximum atomic E-state index is 10.7. The van der Waals surface area contributed by atoms with Gasteiger partial charge in [-0.1, -0.05) is 5.21 Å². The van der Waals surface area contributed by atoms with E-state index in [0.29, 0.717) is 6.54 Å². The molecule has 1 N–H and O–H groups in total. The molecule has 12 heavy (non-hydrogen) atoms. The molecule has 5 heteroatoms. The molecular weight excluding hydrogens is 158 g/mol. The highest BCUT2D eigenvalue weighted by Crippen LogP contribution is 2.47. The summed E-state index contributed by atoms with van der Waals surface area (Å²) in [5, 5.41) is 16.2. The smallest absolute Gasteiger partial charge is 0.311 e. The fraction of sp³-hybridized carbons (Fsp3) is 0.571. The molecule has 0 spiro atoms. The molecule has 1 fully saturated rings. The van der Waals surface area contributed by atoms with Gasteiger partial charge in [-0.2, -0.15) is 0 Å². The van der Waals surface area contributed by atoms with E-state index >= 15 is 0 Å². The molecule has 1 aliphatic carbocycles. The summed E-state index contributed by atoms with van der Waals surface area (Å²) in [5.74, 6) is -0.724. The molecule has 0 aliphatic heterocycles. The number of carboxylic acid groups (broad SMARTS) is 1. The van der Waals surface area contributed by atoms with Gasteiger partial charge in [-0.3, -0.25) is 9.48 Å². The van der Waals surface area contributed by atoms with Gasteiger partial charge in [0.05, 0.1) is 18.2 Å². The van der Waals surface area contributed by atoms with E-state index in [9.17, 15) is 4.79 Å². The second-order valence-electron chi connectivity index (χ2n) is 3.19. The van der Waals surface area contributed by atoms with Gasteiger partial charge >= 0.3 is 5.97 Å². The Morgan fingerprint density at radius 1 is 1.67 bits per heavy atom. The summed E-state index contributed by atoms with van der Waals surface area (Å²) in [5.41, 5.74) is -0.548. The summed E-state index contributed by atoms with van der Waals surface area (Å²) in [6, 6.07) is 0. The van der Waals surface area contributed by atoms with Crippen molar-refractivity contribution in [3.05, 3.63) is 12.4 Å². The molecule has 0 atom stereocenters. The van der Waals surface area contributed by atoms with E-state index in [0.717, 1.165) is 12.8 Å². The van der Waals surface area contributed by atoms with Gasteiger partial charge in [-0.05, 0) is 12.8 Å². The molecule has 0 bridgehead atoms. The minimum atomic E-state index is -0.724. The molecule has 5 nitrogen and oxygen atoms in total. The van der Waals surface area contributed by atoms with Gasteiger partial charge in [0.25, 0.3) is 0 Å². The van der Waals surface area contributed by atoms with Crippen molar-refractivity contribution >= 4 is 5.97 Å². The van der Waals surface area contributed by atoms with Crippen LogP contribution >= 0.6 is 0 Å². The summed E-state index contributed by atoms with van der Waals surface area (Å²) in [4.78, 5) is 10.7. The van der Waals surface area contributed by atoms with Crippen LogP contribution in [-0.2, 0) is 11.3 Å². The number of aliphatic carboxylic acids is 1. The van der Waals surface area contributed by atoms with E-state index in [1.807, 2.05) is 0 Å². The average Bonchev–Trinajstić information content (AvgIpc) is 2.60. The van der Waals surface area contributed by atoms with Gasteiger partial charge in [-0.15, -0.1) is 5.10 Å². The number of rotatable bonds is 3. The Labute approximate surface area is 69.0 Å². The topological polar surface area (TPSA) is 68.0 Å². The maximum absolute atomic E-state index is 10.7. The number of hydrogen-bond donors (Lipinski definition) is 1. The Morgan fingerprint density at radius 3 is 2.83 bits per heavy atom. The number of nitrogens with zero attached hydrogens (tertiary/aromatic N) is 3. The van der Waals surface area contributed by atoms with Crippen LogP contribution in [0.2, 0.25) is 0 Å². The van der Waals surface area contributed by atoms with Crippen LogP contribution < -0.4 is 0 Å². The van der Waals surface area contributed by atoms with E-state index < -0.39 is 11.4 Å². The molecule has 2 rings (SSSR count). The molecule has 1 aromatic rings. The second kappa shape index (κ2) is 2.30. The fourth-order valence-corrected chi connectivity index (χ4v) is 1.22. The van der Waals surface area contributed by atoms with Gasteiger partial charge in [-0.25, -0.2) is 0 Å². The van der Waals surface area contributed by atoms with Crippen LogP contribution in [0, 0.1) is 5.41 Å². The first-order valence-electron chi connectivity index (χ1n) is 3.80. The summed E-state index contributed by atoms with van der Waals surface area (Å²) in [6.45, 7) is 0.447. The third-order valence-electron chi connectivity index (χ3n) is 2.24. The normalized spacial score (nSPS) is 19.0. The second-order valence-corrected chi connectivity index (χ2v) is 3.19. The van der Waals surface area contributed by atoms with Crippen molar-refractivity contribution in [2.24, 2.45) is 5.41 Å².